The van der Waals surface area contributed by atoms with E-state index in [1.54, 1.807) is 52.0 Å². The molecule has 8 heteroatoms. The number of allylic oxidation sites excluding steroid dienone is 1. The molecule has 1 aromatic carbocycles. The standard InChI is InChI=1S/C21H29N3O5/c1-13(2)11-12-21(16-9-7-8-10-17(16)22-18(21)25)24(20(27)29-15(5)6)23-19(26)28-14(3)4/h7-11,14-15H,12H2,1-6H3,(H,22,25)(H,23,26). The van der Waals surface area contributed by atoms with E-state index in [2.05, 4.69) is 10.7 Å². The van der Waals surface area contributed by atoms with Gasteiger partial charge in [0.15, 0.2) is 5.54 Å². The molecule has 2 N–H and O–H groups in total. The molecular weight excluding hydrogens is 374 g/mol. The third kappa shape index (κ3) is 4.88. The fourth-order valence-corrected chi connectivity index (χ4v) is 3.05. The van der Waals surface area contributed by atoms with Gasteiger partial charge in [-0.05, 0) is 47.6 Å². The van der Waals surface area contributed by atoms with Crippen molar-refractivity contribution >= 4 is 23.8 Å². The van der Waals surface area contributed by atoms with E-state index in [1.807, 2.05) is 19.9 Å². The summed E-state index contributed by atoms with van der Waals surface area (Å²) in [4.78, 5) is 38.6. The predicted octanol–water partition coefficient (Wildman–Crippen LogP) is 4.09. The number of rotatable bonds is 5. The van der Waals surface area contributed by atoms with E-state index in [-0.39, 0.29) is 6.42 Å². The molecule has 0 aliphatic carbocycles. The number of fused-ring (bicyclic) bond motifs is 1. The average molecular weight is 403 g/mol. The number of nitrogens with zero attached hydrogens (tertiary/aromatic N) is 1. The fourth-order valence-electron chi connectivity index (χ4n) is 3.05. The first-order valence-corrected chi connectivity index (χ1v) is 9.60. The maximum Gasteiger partial charge on any atom is 0.430 e. The molecule has 1 heterocycles. The number of carbonyl (C=O) groups excluding carboxylic acids is 3. The Balaban J connectivity index is 2.61. The number of carbonyl (C=O) groups is 3. The van der Waals surface area contributed by atoms with Crippen LogP contribution in [0.5, 0.6) is 0 Å². The summed E-state index contributed by atoms with van der Waals surface area (Å²) < 4.78 is 10.5. The van der Waals surface area contributed by atoms with Gasteiger partial charge in [0, 0.05) is 17.7 Å². The van der Waals surface area contributed by atoms with Crippen LogP contribution in [-0.4, -0.2) is 35.3 Å². The minimum Gasteiger partial charge on any atom is -0.446 e. The molecule has 0 aromatic heterocycles. The normalized spacial score (nSPS) is 17.4. The summed E-state index contributed by atoms with van der Waals surface area (Å²) in [6.45, 7) is 10.5. The maximum absolute atomic E-state index is 13.2. The number of ether oxygens (including phenoxy) is 2. The van der Waals surface area contributed by atoms with Gasteiger partial charge < -0.3 is 14.8 Å². The van der Waals surface area contributed by atoms with E-state index in [1.165, 1.54) is 0 Å². The van der Waals surface area contributed by atoms with Crippen molar-refractivity contribution in [1.82, 2.24) is 10.4 Å². The first kappa shape index (κ1) is 22.3. The molecule has 158 valence electrons. The van der Waals surface area contributed by atoms with E-state index in [0.29, 0.717) is 11.3 Å². The molecular formula is C21H29N3O5. The molecule has 1 aliphatic rings. The van der Waals surface area contributed by atoms with Gasteiger partial charge in [0.05, 0.1) is 12.2 Å². The number of nitrogens with one attached hydrogen (secondary N) is 2. The van der Waals surface area contributed by atoms with E-state index in [0.717, 1.165) is 10.6 Å². The minimum absolute atomic E-state index is 0.146. The van der Waals surface area contributed by atoms with Gasteiger partial charge in [0.25, 0.3) is 5.91 Å². The Bertz CT molecular complexity index is 814. The van der Waals surface area contributed by atoms with Crippen LogP contribution in [0.1, 0.15) is 53.5 Å². The van der Waals surface area contributed by atoms with Crippen LogP contribution in [0.3, 0.4) is 0 Å². The molecule has 0 bridgehead atoms. The average Bonchev–Trinajstić information content (AvgIpc) is 2.88. The van der Waals surface area contributed by atoms with Crippen molar-refractivity contribution in [3.05, 3.63) is 41.5 Å². The molecule has 0 radical (unpaired) electrons. The second-order valence-electron chi connectivity index (χ2n) is 7.68. The van der Waals surface area contributed by atoms with Gasteiger partial charge in [-0.3, -0.25) is 4.79 Å². The summed E-state index contributed by atoms with van der Waals surface area (Å²) in [7, 11) is 0. The first-order valence-electron chi connectivity index (χ1n) is 9.60. The highest BCUT2D eigenvalue weighted by atomic mass is 16.6. The summed E-state index contributed by atoms with van der Waals surface area (Å²) in [6.07, 6.45) is -0.575. The lowest BCUT2D eigenvalue weighted by atomic mass is 9.86. The molecule has 0 spiro atoms. The van der Waals surface area contributed by atoms with Gasteiger partial charge in [0.1, 0.15) is 0 Å². The fraction of sp³-hybridized carbons (Fsp3) is 0.476. The highest BCUT2D eigenvalue weighted by Crippen LogP contribution is 2.43. The van der Waals surface area contributed by atoms with Crippen LogP contribution in [0.2, 0.25) is 0 Å². The smallest absolute Gasteiger partial charge is 0.430 e. The van der Waals surface area contributed by atoms with Gasteiger partial charge in [-0.1, -0.05) is 29.8 Å². The van der Waals surface area contributed by atoms with E-state index >= 15 is 0 Å². The van der Waals surface area contributed by atoms with E-state index < -0.39 is 35.8 Å². The lowest BCUT2D eigenvalue weighted by Crippen LogP contribution is -2.61. The summed E-state index contributed by atoms with van der Waals surface area (Å²) in [5.74, 6) is -0.443. The van der Waals surface area contributed by atoms with Crippen molar-refractivity contribution in [2.24, 2.45) is 0 Å². The number of hydrogen-bond acceptors (Lipinski definition) is 5. The zero-order valence-corrected chi connectivity index (χ0v) is 17.7. The Kier molecular flexibility index (Phi) is 6.89. The third-order valence-electron chi connectivity index (χ3n) is 4.25. The van der Waals surface area contributed by atoms with Crippen molar-refractivity contribution < 1.29 is 23.9 Å². The molecule has 1 atom stereocenters. The summed E-state index contributed by atoms with van der Waals surface area (Å²) >= 11 is 0. The van der Waals surface area contributed by atoms with Crippen molar-refractivity contribution in [1.29, 1.82) is 0 Å². The summed E-state index contributed by atoms with van der Waals surface area (Å²) in [6, 6.07) is 7.05. The Morgan fingerprint density at radius 1 is 1.14 bits per heavy atom. The molecule has 1 unspecified atom stereocenters. The monoisotopic (exact) mass is 403 g/mol. The molecule has 0 saturated heterocycles. The second-order valence-corrected chi connectivity index (χ2v) is 7.68. The Hall–Kier alpha value is -3.03. The zero-order valence-electron chi connectivity index (χ0n) is 17.7. The number of anilines is 1. The van der Waals surface area contributed by atoms with Crippen molar-refractivity contribution in [2.75, 3.05) is 5.32 Å². The topological polar surface area (TPSA) is 97.0 Å². The van der Waals surface area contributed by atoms with Crippen LogP contribution in [0.4, 0.5) is 15.3 Å². The van der Waals surface area contributed by atoms with Crippen molar-refractivity contribution in [3.8, 4) is 0 Å². The largest absolute Gasteiger partial charge is 0.446 e. The van der Waals surface area contributed by atoms with Crippen LogP contribution in [0.15, 0.2) is 35.9 Å². The molecule has 2 rings (SSSR count). The molecule has 0 saturated carbocycles. The summed E-state index contributed by atoms with van der Waals surface area (Å²) in [5.41, 5.74) is 3.02. The highest BCUT2D eigenvalue weighted by molar-refractivity contribution is 6.07. The highest BCUT2D eigenvalue weighted by Gasteiger charge is 2.54. The Labute approximate surface area is 171 Å². The first-order chi connectivity index (χ1) is 13.6. The van der Waals surface area contributed by atoms with E-state index in [4.69, 9.17) is 9.47 Å². The SMILES string of the molecule is CC(C)=CCC1(N(NC(=O)OC(C)C)C(=O)OC(C)C)C(=O)Nc2ccccc21. The summed E-state index contributed by atoms with van der Waals surface area (Å²) in [5, 5.41) is 3.75. The second kappa shape index (κ2) is 8.98. The lowest BCUT2D eigenvalue weighted by Gasteiger charge is -2.38. The Morgan fingerprint density at radius 2 is 1.76 bits per heavy atom. The van der Waals surface area contributed by atoms with Gasteiger partial charge in [-0.25, -0.2) is 15.0 Å². The molecule has 3 amide bonds. The molecule has 1 aromatic rings. The number of amides is 3. The number of hydrogen-bond donors (Lipinski definition) is 2. The van der Waals surface area contributed by atoms with Crippen molar-refractivity contribution in [2.45, 2.75) is 65.7 Å². The maximum atomic E-state index is 13.2. The quantitative estimate of drug-likeness (QED) is 0.570. The van der Waals surface area contributed by atoms with Gasteiger partial charge in [-0.2, -0.15) is 5.01 Å². The van der Waals surface area contributed by atoms with Gasteiger partial charge in [-0.15, -0.1) is 0 Å². The molecule has 8 nitrogen and oxygen atoms in total. The van der Waals surface area contributed by atoms with Gasteiger partial charge in [0.2, 0.25) is 0 Å². The van der Waals surface area contributed by atoms with Crippen LogP contribution < -0.4 is 10.7 Å². The number of hydrazine groups is 1. The predicted molar refractivity (Wildman–Crippen MR) is 109 cm³/mol. The third-order valence-corrected chi connectivity index (χ3v) is 4.25. The molecule has 0 fully saturated rings. The van der Waals surface area contributed by atoms with E-state index in [9.17, 15) is 14.4 Å². The lowest BCUT2D eigenvalue weighted by molar-refractivity contribution is -0.129. The Morgan fingerprint density at radius 3 is 2.34 bits per heavy atom. The van der Waals surface area contributed by atoms with Crippen LogP contribution >= 0.6 is 0 Å². The van der Waals surface area contributed by atoms with Crippen molar-refractivity contribution in [3.63, 3.8) is 0 Å². The zero-order chi connectivity index (χ0) is 21.8. The minimum atomic E-state index is -1.52. The van der Waals surface area contributed by atoms with Crippen LogP contribution in [-0.2, 0) is 19.8 Å². The van der Waals surface area contributed by atoms with Crippen LogP contribution in [0.25, 0.3) is 0 Å². The van der Waals surface area contributed by atoms with Crippen LogP contribution in [0, 0.1) is 0 Å². The van der Waals surface area contributed by atoms with Gasteiger partial charge >= 0.3 is 12.2 Å². The number of benzene rings is 1. The molecule has 29 heavy (non-hydrogen) atoms. The number of para-hydroxylation sites is 1. The molecule has 1 aliphatic heterocycles.